The first-order chi connectivity index (χ1) is 20.7. The van der Waals surface area contributed by atoms with Gasteiger partial charge in [0.25, 0.3) is 0 Å². The van der Waals surface area contributed by atoms with Gasteiger partial charge in [-0.1, -0.05) is 6.58 Å². The van der Waals surface area contributed by atoms with Crippen LogP contribution in [-0.2, 0) is 27.0 Å². The van der Waals surface area contributed by atoms with Gasteiger partial charge in [-0.05, 0) is 32.1 Å². The first-order valence-corrected chi connectivity index (χ1v) is 15.4. The van der Waals surface area contributed by atoms with Crippen molar-refractivity contribution in [1.82, 2.24) is 14.5 Å². The number of nitrogens with two attached hydrogens (primary N) is 2. The molecule has 0 saturated carbocycles. The molecule has 0 spiro atoms. The second kappa shape index (κ2) is 11.9. The van der Waals surface area contributed by atoms with Gasteiger partial charge in [-0.3, -0.25) is 19.0 Å². The minimum atomic E-state index is -4.83. The highest BCUT2D eigenvalue weighted by Crippen LogP contribution is 2.49. The van der Waals surface area contributed by atoms with Crippen LogP contribution in [-0.4, -0.2) is 75.8 Å². The summed E-state index contributed by atoms with van der Waals surface area (Å²) in [7, 11) is 0. The Balaban J connectivity index is 1.78. The molecule has 2 aromatic heterocycles. The first kappa shape index (κ1) is 31.5. The van der Waals surface area contributed by atoms with Gasteiger partial charge in [0, 0.05) is 57.0 Å². The van der Waals surface area contributed by atoms with E-state index >= 15 is 0 Å². The summed E-state index contributed by atoms with van der Waals surface area (Å²) in [6.07, 6.45) is -4.38. The second-order valence-electron chi connectivity index (χ2n) is 10.7. The lowest BCUT2D eigenvalue weighted by Gasteiger charge is -2.44. The van der Waals surface area contributed by atoms with Gasteiger partial charge < -0.3 is 26.0 Å². The van der Waals surface area contributed by atoms with Gasteiger partial charge in [0.2, 0.25) is 17.7 Å². The van der Waals surface area contributed by atoms with Crippen molar-refractivity contribution >= 4 is 57.5 Å². The molecule has 1 saturated heterocycles. The molecule has 1 aromatic carbocycles. The summed E-state index contributed by atoms with van der Waals surface area (Å²) >= 11 is 1.97. The zero-order valence-electron chi connectivity index (χ0n) is 23.7. The Bertz CT molecular complexity index is 1730. The molecule has 1 fully saturated rings. The van der Waals surface area contributed by atoms with Gasteiger partial charge in [0.15, 0.2) is 0 Å². The van der Waals surface area contributed by atoms with Crippen molar-refractivity contribution < 1.29 is 32.3 Å². The quantitative estimate of drug-likeness (QED) is 0.370. The average molecular weight is 651 g/mol. The van der Waals surface area contributed by atoms with Crippen LogP contribution in [0.1, 0.15) is 29.8 Å². The highest BCUT2D eigenvalue weighted by atomic mass is 32.2. The van der Waals surface area contributed by atoms with Gasteiger partial charge in [0.05, 0.1) is 29.3 Å². The number of nitrogens with zero attached hydrogens (tertiary/aromatic N) is 4. The van der Waals surface area contributed by atoms with Crippen LogP contribution in [0.25, 0.3) is 21.3 Å². The smallest absolute Gasteiger partial charge is 0.368 e. The van der Waals surface area contributed by atoms with Crippen LogP contribution in [0.15, 0.2) is 39.9 Å². The lowest BCUT2D eigenvalue weighted by Crippen LogP contribution is -2.58. The summed E-state index contributed by atoms with van der Waals surface area (Å²) in [6.45, 7) is 7.04. The molecule has 2 aliphatic heterocycles. The maximum absolute atomic E-state index is 14.9. The number of hydrogen-bond acceptors (Lipinski definition) is 9. The minimum Gasteiger partial charge on any atom is -0.368 e. The Hall–Kier alpha value is -3.89. The number of thioether (sulfide) groups is 1. The van der Waals surface area contributed by atoms with E-state index in [1.54, 1.807) is 23.6 Å². The molecule has 44 heavy (non-hydrogen) atoms. The van der Waals surface area contributed by atoms with Crippen LogP contribution in [0, 0.1) is 0 Å². The zero-order chi connectivity index (χ0) is 32.1. The van der Waals surface area contributed by atoms with E-state index < -0.39 is 42.0 Å². The predicted molar refractivity (Wildman–Crippen MR) is 161 cm³/mol. The number of carbonyl (C=O) groups excluding carboxylic acids is 3. The summed E-state index contributed by atoms with van der Waals surface area (Å²) in [4.78, 5) is 57.4. The van der Waals surface area contributed by atoms with Crippen molar-refractivity contribution in [1.29, 1.82) is 0 Å². The van der Waals surface area contributed by atoms with Crippen molar-refractivity contribution in [3.8, 4) is 10.4 Å². The van der Waals surface area contributed by atoms with Gasteiger partial charge >= 0.3 is 11.9 Å². The monoisotopic (exact) mass is 650 g/mol. The third-order valence-corrected chi connectivity index (χ3v) is 9.72. The Morgan fingerprint density at radius 3 is 2.41 bits per heavy atom. The van der Waals surface area contributed by atoms with E-state index in [0.29, 0.717) is 0 Å². The van der Waals surface area contributed by atoms with E-state index in [9.17, 15) is 32.3 Å². The fourth-order valence-corrected chi connectivity index (χ4v) is 8.08. The van der Waals surface area contributed by atoms with Crippen LogP contribution < -0.4 is 22.1 Å². The molecule has 0 bridgehead atoms. The van der Waals surface area contributed by atoms with Crippen LogP contribution in [0.4, 0.5) is 19.0 Å². The number of halogens is 3. The van der Waals surface area contributed by atoms with Crippen molar-refractivity contribution in [2.75, 3.05) is 30.3 Å². The van der Waals surface area contributed by atoms with Crippen molar-refractivity contribution in [3.63, 3.8) is 0 Å². The summed E-state index contributed by atoms with van der Waals surface area (Å²) in [6, 6.07) is 1.56. The van der Waals surface area contributed by atoms with Crippen LogP contribution in [0.3, 0.4) is 0 Å². The second-order valence-corrected chi connectivity index (χ2v) is 12.6. The number of anilines is 1. The van der Waals surface area contributed by atoms with Crippen molar-refractivity contribution in [2.24, 2.45) is 11.5 Å². The third-order valence-electron chi connectivity index (χ3n) is 7.54. The average Bonchev–Trinajstić information content (AvgIpc) is 3.35. The SMILES string of the molecule is C=CC(=O)N1[C@H](C)CN(c2nc(=O)n3c4c(c(-c5cc(C(N)=O)cs5)c(C(F)(F)F)cc24)SCC(OCC(N)=O)C3)C[C@@H]1C. The number of ether oxygens (including phenoxy) is 1. The molecular formula is C28H29F3N6O5S2. The number of hydrogen-bond donors (Lipinski definition) is 2. The maximum Gasteiger partial charge on any atom is 0.417 e. The summed E-state index contributed by atoms with van der Waals surface area (Å²) in [5.41, 5.74) is 9.03. The zero-order valence-corrected chi connectivity index (χ0v) is 25.4. The van der Waals surface area contributed by atoms with Gasteiger partial charge in [-0.2, -0.15) is 18.2 Å². The molecule has 4 N–H and O–H groups in total. The van der Waals surface area contributed by atoms with Crippen molar-refractivity contribution in [3.05, 3.63) is 51.8 Å². The Labute approximate surface area is 257 Å². The fourth-order valence-electron chi connectivity index (χ4n) is 5.78. The number of carbonyl (C=O) groups is 3. The molecule has 234 valence electrons. The molecule has 4 heterocycles. The Kier molecular flexibility index (Phi) is 8.52. The number of piperazine rings is 1. The minimum absolute atomic E-state index is 0.0504. The molecule has 5 rings (SSSR count). The molecule has 1 unspecified atom stereocenters. The number of alkyl halides is 3. The van der Waals surface area contributed by atoms with E-state index in [1.807, 2.05) is 0 Å². The predicted octanol–water partition coefficient (Wildman–Crippen LogP) is 2.83. The van der Waals surface area contributed by atoms with Gasteiger partial charge in [0.1, 0.15) is 12.4 Å². The number of primary amides is 2. The van der Waals surface area contributed by atoms with Crippen LogP contribution in [0.5, 0.6) is 0 Å². The molecule has 2 aliphatic rings. The first-order valence-electron chi connectivity index (χ1n) is 13.5. The molecule has 0 aliphatic carbocycles. The Morgan fingerprint density at radius 1 is 1.16 bits per heavy atom. The molecule has 3 atom stereocenters. The molecule has 3 aromatic rings. The number of benzene rings is 1. The highest BCUT2D eigenvalue weighted by molar-refractivity contribution is 7.99. The number of rotatable bonds is 7. The third kappa shape index (κ3) is 5.80. The topological polar surface area (TPSA) is 154 Å². The largest absolute Gasteiger partial charge is 0.417 e. The molecule has 11 nitrogen and oxygen atoms in total. The normalized spacial score (nSPS) is 20.4. The van der Waals surface area contributed by atoms with Gasteiger partial charge in [-0.15, -0.1) is 23.1 Å². The molecule has 0 radical (unpaired) electrons. The lowest BCUT2D eigenvalue weighted by atomic mass is 10.00. The Morgan fingerprint density at radius 2 is 1.84 bits per heavy atom. The summed E-state index contributed by atoms with van der Waals surface area (Å²) < 4.78 is 51.5. The van der Waals surface area contributed by atoms with Crippen LogP contribution in [0.2, 0.25) is 0 Å². The number of amides is 3. The molecular weight excluding hydrogens is 621 g/mol. The van der Waals surface area contributed by atoms with E-state index in [2.05, 4.69) is 11.6 Å². The number of aromatic nitrogens is 2. The van der Waals surface area contributed by atoms with Crippen LogP contribution >= 0.6 is 23.1 Å². The lowest BCUT2D eigenvalue weighted by molar-refractivity contribution is -0.137. The van der Waals surface area contributed by atoms with Gasteiger partial charge in [-0.25, -0.2) is 4.79 Å². The highest BCUT2D eigenvalue weighted by Gasteiger charge is 2.40. The summed E-state index contributed by atoms with van der Waals surface area (Å²) in [5.74, 6) is -1.65. The molecule has 3 amide bonds. The van der Waals surface area contributed by atoms with E-state index in [0.717, 1.165) is 29.2 Å². The fraction of sp³-hybridized carbons (Fsp3) is 0.393. The standard InChI is InChI=1S/C28H29F3N6O5S2/c1-4-21(39)37-13(2)7-35(8-14(37)3)26-17-6-18(28(29,30)31)22(19-5-15(11-43-19)25(33)40)24-23(17)36(27(41)34-26)9-16(12-44-24)42-10-20(32)38/h4-6,11,13-14,16H,1,7-10,12H2,2-3H3,(H2,32,38)(H2,33,40)/t13-,14+,16?. The summed E-state index contributed by atoms with van der Waals surface area (Å²) in [5, 5.41) is 1.47. The molecule has 16 heteroatoms. The van der Waals surface area contributed by atoms with E-state index in [4.69, 9.17) is 16.2 Å². The van der Waals surface area contributed by atoms with E-state index in [-0.39, 0.29) is 81.0 Å². The van der Waals surface area contributed by atoms with Crippen molar-refractivity contribution in [2.45, 2.75) is 49.7 Å². The number of thiophene rings is 1. The maximum atomic E-state index is 14.9. The van der Waals surface area contributed by atoms with E-state index in [1.165, 1.54) is 22.1 Å².